The second-order valence-corrected chi connectivity index (χ2v) is 21.6. The van der Waals surface area contributed by atoms with Crippen LogP contribution in [0.1, 0.15) is 316 Å². The molecule has 0 aliphatic carbocycles. The van der Waals surface area contributed by atoms with Gasteiger partial charge in [0.15, 0.2) is 6.10 Å². The second-order valence-electron chi connectivity index (χ2n) is 21.6. The van der Waals surface area contributed by atoms with Gasteiger partial charge in [0.2, 0.25) is 0 Å². The first kappa shape index (κ1) is 73.3. The molecule has 0 bridgehead atoms. The van der Waals surface area contributed by atoms with Gasteiger partial charge in [0.05, 0.1) is 0 Å². The van der Waals surface area contributed by atoms with Gasteiger partial charge in [0.25, 0.3) is 0 Å². The van der Waals surface area contributed by atoms with E-state index in [0.717, 1.165) is 116 Å². The standard InChI is InChI=1S/C71H122O6/c1-4-7-10-13-16-19-22-25-28-31-33-34-35-36-38-40-43-46-49-52-55-58-61-64-70(73)76-67-68(66-75-69(72)63-60-57-54-51-48-45-42-39-30-27-24-21-18-15-12-9-6-3)77-71(74)65-62-59-56-53-50-47-44-41-37-32-29-26-23-20-17-14-11-8-5-2/h9,12,18,21-22,25-27,29-31,33,35-36,42,45,68H,4-8,10-11,13-17,19-20,23-24,28,32,34,37-41,43-44,46-67H2,1-3H3/b12-9-,21-18-,25-22-,29-26-,30-27-,33-31-,36-35-,45-42-. The molecule has 0 aliphatic heterocycles. The molecule has 442 valence electrons. The molecule has 0 spiro atoms. The van der Waals surface area contributed by atoms with Crippen molar-refractivity contribution in [3.05, 3.63) is 97.2 Å². The Labute approximate surface area is 477 Å². The number of rotatable bonds is 59. The van der Waals surface area contributed by atoms with Gasteiger partial charge in [0, 0.05) is 19.3 Å². The molecular weight excluding hydrogens is 949 g/mol. The summed E-state index contributed by atoms with van der Waals surface area (Å²) in [5.74, 6) is -0.912. The summed E-state index contributed by atoms with van der Waals surface area (Å²) in [5, 5.41) is 0. The Morgan fingerprint density at radius 3 is 0.805 bits per heavy atom. The molecule has 6 nitrogen and oxygen atoms in total. The highest BCUT2D eigenvalue weighted by molar-refractivity contribution is 5.71. The monoisotopic (exact) mass is 1070 g/mol. The maximum Gasteiger partial charge on any atom is 0.306 e. The van der Waals surface area contributed by atoms with Crippen molar-refractivity contribution in [1.29, 1.82) is 0 Å². The van der Waals surface area contributed by atoms with Crippen molar-refractivity contribution in [3.63, 3.8) is 0 Å². The van der Waals surface area contributed by atoms with Crippen molar-refractivity contribution >= 4 is 17.9 Å². The fourth-order valence-electron chi connectivity index (χ4n) is 9.14. The third-order valence-electron chi connectivity index (χ3n) is 14.0. The predicted molar refractivity (Wildman–Crippen MR) is 334 cm³/mol. The molecule has 6 heteroatoms. The SMILES string of the molecule is CC/C=C\C/C=C\C/C=C\C/C=C\CCCCCCC(=O)OCC(COC(=O)CCCCCCCCCC/C=C\C/C=C\C/C=C\CCCCCCC)OC(=O)CCCCCCCCCCC/C=C\CCCCCCCC. The zero-order valence-electron chi connectivity index (χ0n) is 50.7. The summed E-state index contributed by atoms with van der Waals surface area (Å²) in [4.78, 5) is 38.4. The van der Waals surface area contributed by atoms with E-state index in [1.807, 2.05) is 0 Å². The summed E-state index contributed by atoms with van der Waals surface area (Å²) in [5.41, 5.74) is 0. The molecule has 0 amide bonds. The summed E-state index contributed by atoms with van der Waals surface area (Å²) >= 11 is 0. The highest BCUT2D eigenvalue weighted by Crippen LogP contribution is 2.16. The van der Waals surface area contributed by atoms with E-state index >= 15 is 0 Å². The molecule has 1 unspecified atom stereocenters. The van der Waals surface area contributed by atoms with Crippen molar-refractivity contribution < 1.29 is 28.6 Å². The molecule has 0 N–H and O–H groups in total. The number of carbonyl (C=O) groups is 3. The fraction of sp³-hybridized carbons (Fsp3) is 0.732. The van der Waals surface area contributed by atoms with Crippen LogP contribution >= 0.6 is 0 Å². The predicted octanol–water partition coefficient (Wildman–Crippen LogP) is 22.4. The lowest BCUT2D eigenvalue weighted by Crippen LogP contribution is -2.30. The summed E-state index contributed by atoms with van der Waals surface area (Å²) < 4.78 is 16.9. The summed E-state index contributed by atoms with van der Waals surface area (Å²) in [6, 6.07) is 0. The van der Waals surface area contributed by atoms with Gasteiger partial charge in [-0.05, 0) is 122 Å². The molecule has 0 rings (SSSR count). The normalized spacial score (nSPS) is 12.7. The molecule has 0 heterocycles. The molecule has 77 heavy (non-hydrogen) atoms. The first-order valence-corrected chi connectivity index (χ1v) is 32.7. The van der Waals surface area contributed by atoms with Gasteiger partial charge in [0.1, 0.15) is 13.2 Å². The molecule has 0 saturated heterocycles. The van der Waals surface area contributed by atoms with Crippen LogP contribution in [0.4, 0.5) is 0 Å². The first-order valence-electron chi connectivity index (χ1n) is 32.7. The van der Waals surface area contributed by atoms with E-state index in [2.05, 4.69) is 118 Å². The zero-order chi connectivity index (χ0) is 55.7. The number of hydrogen-bond donors (Lipinski definition) is 0. The van der Waals surface area contributed by atoms with E-state index < -0.39 is 6.10 Å². The molecule has 0 radical (unpaired) electrons. The number of carbonyl (C=O) groups excluding carboxylic acids is 3. The average molecular weight is 1070 g/mol. The van der Waals surface area contributed by atoms with Crippen LogP contribution in [-0.2, 0) is 28.6 Å². The van der Waals surface area contributed by atoms with E-state index in [1.54, 1.807) is 0 Å². The Bertz CT molecular complexity index is 1510. The van der Waals surface area contributed by atoms with Gasteiger partial charge in [-0.2, -0.15) is 0 Å². The van der Waals surface area contributed by atoms with Gasteiger partial charge < -0.3 is 14.2 Å². The van der Waals surface area contributed by atoms with Crippen LogP contribution in [0.5, 0.6) is 0 Å². The summed E-state index contributed by atoms with van der Waals surface area (Å²) in [6.45, 7) is 6.51. The van der Waals surface area contributed by atoms with Crippen LogP contribution in [0.3, 0.4) is 0 Å². The zero-order valence-corrected chi connectivity index (χ0v) is 50.7. The van der Waals surface area contributed by atoms with Crippen LogP contribution in [-0.4, -0.2) is 37.2 Å². The van der Waals surface area contributed by atoms with Crippen LogP contribution in [0.15, 0.2) is 97.2 Å². The minimum Gasteiger partial charge on any atom is -0.462 e. The van der Waals surface area contributed by atoms with Crippen LogP contribution in [0.2, 0.25) is 0 Å². The van der Waals surface area contributed by atoms with E-state index in [4.69, 9.17) is 14.2 Å². The van der Waals surface area contributed by atoms with Crippen LogP contribution in [0, 0.1) is 0 Å². The second kappa shape index (κ2) is 64.9. The Kier molecular flexibility index (Phi) is 61.8. The molecule has 0 aliphatic rings. The van der Waals surface area contributed by atoms with Gasteiger partial charge in [-0.15, -0.1) is 0 Å². The van der Waals surface area contributed by atoms with E-state index in [9.17, 15) is 14.4 Å². The maximum atomic E-state index is 12.9. The third kappa shape index (κ3) is 63.0. The summed E-state index contributed by atoms with van der Waals surface area (Å²) in [6.07, 6.45) is 86.9. The third-order valence-corrected chi connectivity index (χ3v) is 14.0. The Morgan fingerprint density at radius 2 is 0.506 bits per heavy atom. The maximum absolute atomic E-state index is 12.9. The molecular formula is C71H122O6. The lowest BCUT2D eigenvalue weighted by Gasteiger charge is -2.18. The van der Waals surface area contributed by atoms with E-state index in [-0.39, 0.29) is 31.1 Å². The average Bonchev–Trinajstić information content (AvgIpc) is 3.43. The molecule has 0 aromatic rings. The minimum absolute atomic E-state index is 0.0898. The number of allylic oxidation sites excluding steroid dienone is 16. The number of hydrogen-bond acceptors (Lipinski definition) is 6. The molecule has 0 saturated carbocycles. The first-order chi connectivity index (χ1) is 38.0. The molecule has 1 atom stereocenters. The lowest BCUT2D eigenvalue weighted by atomic mass is 10.1. The van der Waals surface area contributed by atoms with Crippen LogP contribution in [0.25, 0.3) is 0 Å². The Hall–Kier alpha value is -3.67. The fourth-order valence-corrected chi connectivity index (χ4v) is 9.14. The topological polar surface area (TPSA) is 78.9 Å². The van der Waals surface area contributed by atoms with Crippen LogP contribution < -0.4 is 0 Å². The van der Waals surface area contributed by atoms with E-state index in [1.165, 1.54) is 161 Å². The molecule has 0 aromatic heterocycles. The van der Waals surface area contributed by atoms with Crippen molar-refractivity contribution in [2.24, 2.45) is 0 Å². The number of unbranched alkanes of at least 4 members (excludes halogenated alkanes) is 32. The number of esters is 3. The van der Waals surface area contributed by atoms with Gasteiger partial charge in [-0.1, -0.05) is 272 Å². The summed E-state index contributed by atoms with van der Waals surface area (Å²) in [7, 11) is 0. The van der Waals surface area contributed by atoms with Gasteiger partial charge in [-0.25, -0.2) is 0 Å². The van der Waals surface area contributed by atoms with Crippen molar-refractivity contribution in [3.8, 4) is 0 Å². The Balaban J connectivity index is 4.42. The minimum atomic E-state index is -0.795. The van der Waals surface area contributed by atoms with E-state index in [0.29, 0.717) is 19.3 Å². The highest BCUT2D eigenvalue weighted by Gasteiger charge is 2.19. The van der Waals surface area contributed by atoms with Gasteiger partial charge >= 0.3 is 17.9 Å². The van der Waals surface area contributed by atoms with Crippen molar-refractivity contribution in [1.82, 2.24) is 0 Å². The van der Waals surface area contributed by atoms with Crippen molar-refractivity contribution in [2.75, 3.05) is 13.2 Å². The smallest absolute Gasteiger partial charge is 0.306 e. The largest absolute Gasteiger partial charge is 0.462 e. The Morgan fingerprint density at radius 1 is 0.273 bits per heavy atom. The van der Waals surface area contributed by atoms with Crippen molar-refractivity contribution in [2.45, 2.75) is 322 Å². The van der Waals surface area contributed by atoms with Gasteiger partial charge in [-0.3, -0.25) is 14.4 Å². The molecule has 0 aromatic carbocycles. The lowest BCUT2D eigenvalue weighted by molar-refractivity contribution is -0.167. The quantitative estimate of drug-likeness (QED) is 0.0261. The highest BCUT2D eigenvalue weighted by atomic mass is 16.6. The number of ether oxygens (including phenoxy) is 3. The molecule has 0 fully saturated rings.